The summed E-state index contributed by atoms with van der Waals surface area (Å²) in [5.74, 6) is -6.43. The molecular weight excluding hydrogens is 1000 g/mol. The van der Waals surface area contributed by atoms with E-state index in [1.807, 2.05) is 0 Å². The van der Waals surface area contributed by atoms with Crippen LogP contribution in [0.5, 0.6) is 5.75 Å². The first-order valence-electron chi connectivity index (χ1n) is 27.3. The van der Waals surface area contributed by atoms with Crippen LogP contribution in [0, 0.1) is 11.8 Å². The highest BCUT2D eigenvalue weighted by Gasteiger charge is 2.49. The van der Waals surface area contributed by atoms with Crippen molar-refractivity contribution in [3.8, 4) is 5.75 Å². The maximum Gasteiger partial charge on any atom is 0.248 e. The molecule has 0 spiro atoms. The van der Waals surface area contributed by atoms with Crippen molar-refractivity contribution in [3.63, 3.8) is 0 Å². The minimum absolute atomic E-state index is 0.0257. The molecule has 1 aromatic rings. The summed E-state index contributed by atoms with van der Waals surface area (Å²) in [6, 6.07) is -6.40. The Balaban J connectivity index is 1.73. The van der Waals surface area contributed by atoms with Gasteiger partial charge in [0.15, 0.2) is 0 Å². The van der Waals surface area contributed by atoms with Crippen molar-refractivity contribution in [1.29, 1.82) is 0 Å². The molecule has 0 bridgehead atoms. The average Bonchev–Trinajstić information content (AvgIpc) is 3.99. The van der Waals surface area contributed by atoms with Crippen molar-refractivity contribution < 1.29 is 74.4 Å². The largest absolute Gasteiger partial charge is 0.508 e. The van der Waals surface area contributed by atoms with Crippen molar-refractivity contribution in [3.05, 3.63) is 29.8 Å². The van der Waals surface area contributed by atoms with Gasteiger partial charge in [0.25, 0.3) is 0 Å². The number of carbonyl (C=O) groups excluding carboxylic acids is 7. The molecule has 0 aliphatic carbocycles. The molecule has 3 aliphatic heterocycles. The molecule has 3 heterocycles. The van der Waals surface area contributed by atoms with Crippen molar-refractivity contribution in [1.82, 2.24) is 41.7 Å². The van der Waals surface area contributed by atoms with Gasteiger partial charge < -0.3 is 88.7 Å². The van der Waals surface area contributed by atoms with E-state index in [1.54, 1.807) is 0 Å². The second kappa shape index (κ2) is 31.5. The number of amides is 7. The lowest BCUT2D eigenvalue weighted by Crippen LogP contribution is -2.65. The zero-order valence-electron chi connectivity index (χ0n) is 45.0. The van der Waals surface area contributed by atoms with E-state index in [9.17, 15) is 74.4 Å². The Morgan fingerprint density at radius 1 is 0.714 bits per heavy atom. The molecule has 4 rings (SSSR count). The lowest BCUT2D eigenvalue weighted by molar-refractivity contribution is -0.148. The Bertz CT molecular complexity index is 2070. The number of unbranched alkanes of at least 4 members (excludes halogenated alkanes) is 5. The molecule has 2 unspecified atom stereocenters. The molecule has 3 saturated heterocycles. The maximum atomic E-state index is 14.6. The second-order valence-electron chi connectivity index (χ2n) is 21.3. The molecule has 0 saturated carbocycles. The zero-order valence-corrected chi connectivity index (χ0v) is 45.0. The van der Waals surface area contributed by atoms with E-state index in [0.29, 0.717) is 24.7 Å². The molecule has 25 nitrogen and oxygen atoms in total. The lowest BCUT2D eigenvalue weighted by atomic mass is 9.91. The molecule has 0 aromatic heterocycles. The van der Waals surface area contributed by atoms with E-state index >= 15 is 0 Å². The topological polar surface area (TPSA) is 412 Å². The Morgan fingerprint density at radius 2 is 1.34 bits per heavy atom. The van der Waals surface area contributed by atoms with Crippen LogP contribution < -0.4 is 43.4 Å². The fraction of sp³-hybridized carbons (Fsp3) is 0.750. The number of aromatic hydroxyl groups is 1. The van der Waals surface area contributed by atoms with Crippen molar-refractivity contribution >= 4 is 41.4 Å². The molecule has 18 N–H and O–H groups in total. The predicted octanol–water partition coefficient (Wildman–Crippen LogP) is -3.31. The maximum absolute atomic E-state index is 14.6. The van der Waals surface area contributed by atoms with Crippen molar-refractivity contribution in [2.75, 3.05) is 32.7 Å². The molecule has 25 heteroatoms. The number of nitrogens with one attached hydrogen (secondary N) is 6. The van der Waals surface area contributed by atoms with Crippen molar-refractivity contribution in [2.24, 2.45) is 23.3 Å². The van der Waals surface area contributed by atoms with Crippen LogP contribution in [0.25, 0.3) is 0 Å². The number of aliphatic hydroxyl groups is 7. The first-order chi connectivity index (χ1) is 36.5. The first-order valence-corrected chi connectivity index (χ1v) is 27.3. The van der Waals surface area contributed by atoms with Crippen LogP contribution in [0.4, 0.5) is 0 Å². The van der Waals surface area contributed by atoms with Gasteiger partial charge in [-0.15, -0.1) is 0 Å². The van der Waals surface area contributed by atoms with Crippen molar-refractivity contribution in [2.45, 2.75) is 203 Å². The van der Waals surface area contributed by atoms with Crippen LogP contribution in [0.15, 0.2) is 24.3 Å². The van der Waals surface area contributed by atoms with Gasteiger partial charge >= 0.3 is 0 Å². The Kier molecular flexibility index (Phi) is 26.4. The number of hydrogen-bond acceptors (Lipinski definition) is 18. The average molecular weight is 1090 g/mol. The number of nitrogens with two attached hydrogens (primary N) is 2. The molecule has 16 atom stereocenters. The SMILES string of the molecule is CCC(C)CC(C)CCCCCCCCC(=O)N[C@H]1C[C@@H](O)[C@H](NCCN)NC(=O)[C@@H]2[C@@H](O)CCN2C(=O)[C@H]([C@H](O)CCN)NC(=O)[C@H]([C@H](O)[C@@H](O)c2ccc(O)cc2)NC(=O)[C@@H]2C[C@@H](O)CN2C(=O)[C@H]([C@@H](C)O)NC1=O. The Hall–Kier alpha value is -5.09. The van der Waals surface area contributed by atoms with Gasteiger partial charge in [-0.1, -0.05) is 77.8 Å². The fourth-order valence-electron chi connectivity index (χ4n) is 10.2. The number of aliphatic hydroxyl groups excluding tert-OH is 7. The fourth-order valence-corrected chi connectivity index (χ4v) is 10.2. The highest BCUT2D eigenvalue weighted by molar-refractivity contribution is 5.98. The monoisotopic (exact) mass is 1090 g/mol. The zero-order chi connectivity index (χ0) is 57.1. The molecule has 436 valence electrons. The lowest BCUT2D eigenvalue weighted by Gasteiger charge is -2.35. The third-order valence-corrected chi connectivity index (χ3v) is 14.9. The van der Waals surface area contributed by atoms with Crippen LogP contribution in [-0.2, 0) is 33.6 Å². The van der Waals surface area contributed by atoms with Crippen LogP contribution >= 0.6 is 0 Å². The normalized spacial score (nSPS) is 28.6. The smallest absolute Gasteiger partial charge is 0.248 e. The number of rotatable bonds is 23. The van der Waals surface area contributed by atoms with Gasteiger partial charge in [-0.25, -0.2) is 0 Å². The highest BCUT2D eigenvalue weighted by atomic mass is 16.3. The summed E-state index contributed by atoms with van der Waals surface area (Å²) < 4.78 is 0. The van der Waals surface area contributed by atoms with Crippen LogP contribution in [-0.4, -0.2) is 204 Å². The molecule has 77 heavy (non-hydrogen) atoms. The summed E-state index contributed by atoms with van der Waals surface area (Å²) >= 11 is 0. The second-order valence-corrected chi connectivity index (χ2v) is 21.3. The summed E-state index contributed by atoms with van der Waals surface area (Å²) in [4.78, 5) is 102. The number of carbonyl (C=O) groups is 7. The van der Waals surface area contributed by atoms with Gasteiger partial charge in [0.1, 0.15) is 60.4 Å². The quantitative estimate of drug-likeness (QED) is 0.0477. The van der Waals surface area contributed by atoms with Gasteiger partial charge in [-0.2, -0.15) is 0 Å². The molecule has 0 radical (unpaired) electrons. The van der Waals surface area contributed by atoms with Crippen LogP contribution in [0.1, 0.15) is 129 Å². The summed E-state index contributed by atoms with van der Waals surface area (Å²) in [6.07, 6.45) is -6.95. The van der Waals surface area contributed by atoms with Gasteiger partial charge in [-0.3, -0.25) is 38.9 Å². The molecule has 3 fully saturated rings. The summed E-state index contributed by atoms with van der Waals surface area (Å²) in [5.41, 5.74) is 11.5. The van der Waals surface area contributed by atoms with Gasteiger partial charge in [-0.05, 0) is 68.7 Å². The molecule has 1 aromatic carbocycles. The van der Waals surface area contributed by atoms with E-state index in [2.05, 4.69) is 52.7 Å². The van der Waals surface area contributed by atoms with Crippen LogP contribution in [0.2, 0.25) is 0 Å². The third kappa shape index (κ3) is 18.8. The number of hydrogen-bond donors (Lipinski definition) is 16. The molecular formula is C52H88N10O15. The van der Waals surface area contributed by atoms with E-state index in [1.165, 1.54) is 30.7 Å². The van der Waals surface area contributed by atoms with Crippen LogP contribution in [0.3, 0.4) is 0 Å². The van der Waals surface area contributed by atoms with E-state index in [4.69, 9.17) is 11.5 Å². The summed E-state index contributed by atoms with van der Waals surface area (Å²) in [5, 5.41) is 104. The van der Waals surface area contributed by atoms with E-state index in [0.717, 1.165) is 55.2 Å². The standard InChI is InChI=1S/C52H88N10O15/c1-5-28(2)24-29(3)12-10-8-6-7-9-11-13-39(69)56-34-26-38(68)46(55-22-21-54)60-50(75)43-37(67)19-23-61(43)52(77)41(36(66)18-20-53)58-49(74)42(45(71)44(70)31-14-16-32(64)17-15-31)59-48(73)35-25-33(65)27-62(35)51(76)40(30(4)63)57-47(34)72/h14-17,28-30,33-38,40-46,55,63-68,70-71H,5-13,18-27,53-54H2,1-4H3,(H,56,69)(H,57,72)(H,58,74)(H,59,73)(H,60,75)/t28?,29?,30-,33-,34+,35+,36-,37+,38-,40+,41+,42+,43+,44+,45+,46-/m1/s1. The predicted molar refractivity (Wildman–Crippen MR) is 280 cm³/mol. The Labute approximate surface area is 450 Å². The minimum atomic E-state index is -2.28. The number of phenols is 1. The molecule has 3 aliphatic rings. The summed E-state index contributed by atoms with van der Waals surface area (Å²) in [6.45, 7) is 6.73. The van der Waals surface area contributed by atoms with Gasteiger partial charge in [0.2, 0.25) is 41.4 Å². The molecule has 7 amide bonds. The van der Waals surface area contributed by atoms with Gasteiger partial charge in [0.05, 0.1) is 30.5 Å². The number of phenolic OH excluding ortho intramolecular Hbond substituents is 1. The third-order valence-electron chi connectivity index (χ3n) is 14.9. The number of benzene rings is 1. The van der Waals surface area contributed by atoms with E-state index < -0.39 is 146 Å². The number of fused-ring (bicyclic) bond motifs is 2. The van der Waals surface area contributed by atoms with Gasteiger partial charge in [0, 0.05) is 45.4 Å². The number of nitrogens with zero attached hydrogens (tertiary/aromatic N) is 2. The van der Waals surface area contributed by atoms with E-state index in [-0.39, 0.29) is 56.8 Å². The minimum Gasteiger partial charge on any atom is -0.508 e. The highest BCUT2D eigenvalue weighted by Crippen LogP contribution is 2.27. The first kappa shape index (κ1) is 64.4. The summed E-state index contributed by atoms with van der Waals surface area (Å²) in [7, 11) is 0. The Morgan fingerprint density at radius 3 is 1.97 bits per heavy atom.